The van der Waals surface area contributed by atoms with E-state index in [1.54, 1.807) is 56.5 Å². The number of halogens is 1. The van der Waals surface area contributed by atoms with Gasteiger partial charge in [-0.2, -0.15) is 5.10 Å². The molecule has 0 aliphatic heterocycles. The van der Waals surface area contributed by atoms with Crippen LogP contribution in [-0.4, -0.2) is 23.8 Å². The number of ether oxygens (including phenoxy) is 1. The molecular weight excluding hydrogens is 395 g/mol. The summed E-state index contributed by atoms with van der Waals surface area (Å²) in [7, 11) is 1.59. The lowest BCUT2D eigenvalue weighted by molar-refractivity contribution is 0.0954. The summed E-state index contributed by atoms with van der Waals surface area (Å²) in [4.78, 5) is 12.1. The number of phenolic OH excluding ortho intramolecular Hbond substituents is 1. The van der Waals surface area contributed by atoms with Crippen LogP contribution in [0.3, 0.4) is 0 Å². The van der Waals surface area contributed by atoms with Gasteiger partial charge in [-0.1, -0.05) is 0 Å². The van der Waals surface area contributed by atoms with Crippen LogP contribution in [0.15, 0.2) is 47.6 Å². The number of carbonyl (C=O) groups excluding carboxylic acids is 1. The van der Waals surface area contributed by atoms with Crippen LogP contribution in [0.5, 0.6) is 11.5 Å². The SMILES string of the molecule is COc1ccc(C(=O)NN=C(C)c2ccc(O)cc2)cc1I. The lowest BCUT2D eigenvalue weighted by atomic mass is 10.1. The standard InChI is InChI=1S/C16H15IN2O3/c1-10(11-3-6-13(20)7-4-11)18-19-16(21)12-5-8-15(22-2)14(17)9-12/h3-9,20H,1-2H3,(H,19,21). The van der Waals surface area contributed by atoms with Gasteiger partial charge in [0.2, 0.25) is 0 Å². The highest BCUT2D eigenvalue weighted by Gasteiger charge is 2.08. The first-order chi connectivity index (χ1) is 10.5. The molecule has 0 saturated carbocycles. The summed E-state index contributed by atoms with van der Waals surface area (Å²) in [5.41, 5.74) is 4.50. The van der Waals surface area contributed by atoms with E-state index in [2.05, 4.69) is 33.1 Å². The third kappa shape index (κ3) is 3.97. The van der Waals surface area contributed by atoms with Crippen molar-refractivity contribution in [3.05, 3.63) is 57.2 Å². The van der Waals surface area contributed by atoms with Gasteiger partial charge in [0, 0.05) is 5.56 Å². The largest absolute Gasteiger partial charge is 0.508 e. The van der Waals surface area contributed by atoms with Gasteiger partial charge in [0.05, 0.1) is 16.4 Å². The maximum Gasteiger partial charge on any atom is 0.271 e. The Kier molecular flexibility index (Phi) is 5.37. The van der Waals surface area contributed by atoms with Gasteiger partial charge in [-0.05, 0) is 77.5 Å². The Morgan fingerprint density at radius 1 is 1.18 bits per heavy atom. The number of hydrogen-bond donors (Lipinski definition) is 2. The van der Waals surface area contributed by atoms with E-state index in [1.807, 2.05) is 0 Å². The van der Waals surface area contributed by atoms with Crippen molar-refractivity contribution in [1.82, 2.24) is 5.43 Å². The highest BCUT2D eigenvalue weighted by molar-refractivity contribution is 14.1. The lowest BCUT2D eigenvalue weighted by Gasteiger charge is -2.06. The van der Waals surface area contributed by atoms with Gasteiger partial charge in [0.1, 0.15) is 11.5 Å². The maximum absolute atomic E-state index is 12.1. The second-order valence-corrected chi connectivity index (χ2v) is 5.70. The predicted octanol–water partition coefficient (Wildman–Crippen LogP) is 3.16. The number of nitrogens with one attached hydrogen (secondary N) is 1. The van der Waals surface area contributed by atoms with Gasteiger partial charge >= 0.3 is 0 Å². The van der Waals surface area contributed by atoms with Crippen LogP contribution in [0.1, 0.15) is 22.8 Å². The Hall–Kier alpha value is -2.09. The zero-order valence-corrected chi connectivity index (χ0v) is 14.3. The summed E-state index contributed by atoms with van der Waals surface area (Å²) in [6.45, 7) is 1.78. The third-order valence-corrected chi connectivity index (χ3v) is 3.87. The van der Waals surface area contributed by atoms with Crippen LogP contribution in [0.25, 0.3) is 0 Å². The molecule has 2 N–H and O–H groups in total. The Balaban J connectivity index is 2.10. The molecule has 0 radical (unpaired) electrons. The van der Waals surface area contributed by atoms with Crippen molar-refractivity contribution < 1.29 is 14.6 Å². The summed E-state index contributed by atoms with van der Waals surface area (Å²) in [5.74, 6) is 0.619. The molecule has 6 heteroatoms. The molecule has 2 aromatic rings. The van der Waals surface area contributed by atoms with Crippen LogP contribution >= 0.6 is 22.6 Å². The lowest BCUT2D eigenvalue weighted by Crippen LogP contribution is -2.19. The monoisotopic (exact) mass is 410 g/mol. The van der Waals surface area contributed by atoms with Crippen molar-refractivity contribution in [3.8, 4) is 11.5 Å². The first kappa shape index (κ1) is 16.3. The second kappa shape index (κ2) is 7.26. The van der Waals surface area contributed by atoms with E-state index in [4.69, 9.17) is 4.74 Å². The number of amides is 1. The molecule has 114 valence electrons. The van der Waals surface area contributed by atoms with Gasteiger partial charge in [0.25, 0.3) is 5.91 Å². The Bertz CT molecular complexity index is 712. The first-order valence-corrected chi connectivity index (χ1v) is 7.56. The molecule has 1 amide bonds. The molecule has 0 saturated heterocycles. The van der Waals surface area contributed by atoms with Crippen molar-refractivity contribution in [2.24, 2.45) is 5.10 Å². The molecule has 0 bridgehead atoms. The molecule has 0 unspecified atom stereocenters. The van der Waals surface area contributed by atoms with Crippen molar-refractivity contribution in [1.29, 1.82) is 0 Å². The van der Waals surface area contributed by atoms with E-state index in [0.717, 1.165) is 14.9 Å². The number of methoxy groups -OCH3 is 1. The Labute approximate surface area is 142 Å². The average molecular weight is 410 g/mol. The minimum absolute atomic E-state index is 0.188. The highest BCUT2D eigenvalue weighted by atomic mass is 127. The van der Waals surface area contributed by atoms with E-state index < -0.39 is 0 Å². The van der Waals surface area contributed by atoms with E-state index in [0.29, 0.717) is 11.3 Å². The van der Waals surface area contributed by atoms with Crippen LogP contribution < -0.4 is 10.2 Å². The quantitative estimate of drug-likeness (QED) is 0.462. The fourth-order valence-corrected chi connectivity index (χ4v) is 2.51. The van der Waals surface area contributed by atoms with Crippen molar-refractivity contribution >= 4 is 34.2 Å². The number of phenols is 1. The topological polar surface area (TPSA) is 70.9 Å². The number of benzene rings is 2. The summed E-state index contributed by atoms with van der Waals surface area (Å²) < 4.78 is 6.01. The zero-order chi connectivity index (χ0) is 16.1. The molecular formula is C16H15IN2O3. The predicted molar refractivity (Wildman–Crippen MR) is 93.5 cm³/mol. The van der Waals surface area contributed by atoms with E-state index in [9.17, 15) is 9.90 Å². The number of carbonyl (C=O) groups is 1. The minimum Gasteiger partial charge on any atom is -0.508 e. The number of aromatic hydroxyl groups is 1. The minimum atomic E-state index is -0.293. The molecule has 2 rings (SSSR count). The number of hydrogen-bond acceptors (Lipinski definition) is 4. The molecule has 2 aromatic carbocycles. The number of rotatable bonds is 4. The summed E-state index contributed by atoms with van der Waals surface area (Å²) in [6, 6.07) is 11.8. The highest BCUT2D eigenvalue weighted by Crippen LogP contribution is 2.21. The fourth-order valence-electron chi connectivity index (χ4n) is 1.77. The maximum atomic E-state index is 12.1. The van der Waals surface area contributed by atoms with E-state index in [-0.39, 0.29) is 11.7 Å². The van der Waals surface area contributed by atoms with Gasteiger partial charge in [-0.15, -0.1) is 0 Å². The van der Waals surface area contributed by atoms with Crippen LogP contribution in [0, 0.1) is 3.57 Å². The molecule has 0 aromatic heterocycles. The number of nitrogens with zero attached hydrogens (tertiary/aromatic N) is 1. The summed E-state index contributed by atoms with van der Waals surface area (Å²) in [5, 5.41) is 13.3. The van der Waals surface area contributed by atoms with Gasteiger partial charge in [0.15, 0.2) is 0 Å². The molecule has 0 aliphatic rings. The van der Waals surface area contributed by atoms with Crippen LogP contribution in [-0.2, 0) is 0 Å². The van der Waals surface area contributed by atoms with Crippen LogP contribution in [0.4, 0.5) is 0 Å². The second-order valence-electron chi connectivity index (χ2n) is 4.53. The third-order valence-electron chi connectivity index (χ3n) is 3.02. The van der Waals surface area contributed by atoms with Gasteiger partial charge < -0.3 is 9.84 Å². The molecule has 5 nitrogen and oxygen atoms in total. The first-order valence-electron chi connectivity index (χ1n) is 6.49. The van der Waals surface area contributed by atoms with Crippen molar-refractivity contribution in [2.75, 3.05) is 7.11 Å². The van der Waals surface area contributed by atoms with Crippen LogP contribution in [0.2, 0.25) is 0 Å². The molecule has 22 heavy (non-hydrogen) atoms. The Morgan fingerprint density at radius 3 is 2.41 bits per heavy atom. The zero-order valence-electron chi connectivity index (χ0n) is 12.1. The van der Waals surface area contributed by atoms with E-state index in [1.165, 1.54) is 0 Å². The molecule has 0 spiro atoms. The summed E-state index contributed by atoms with van der Waals surface area (Å²) in [6.07, 6.45) is 0. The number of hydrazone groups is 1. The molecule has 0 heterocycles. The smallest absolute Gasteiger partial charge is 0.271 e. The van der Waals surface area contributed by atoms with Crippen molar-refractivity contribution in [2.45, 2.75) is 6.92 Å². The Morgan fingerprint density at radius 2 is 1.82 bits per heavy atom. The normalized spacial score (nSPS) is 11.1. The fraction of sp³-hybridized carbons (Fsp3) is 0.125. The molecule has 0 aliphatic carbocycles. The van der Waals surface area contributed by atoms with E-state index >= 15 is 0 Å². The molecule has 0 atom stereocenters. The van der Waals surface area contributed by atoms with Gasteiger partial charge in [-0.3, -0.25) is 4.79 Å². The van der Waals surface area contributed by atoms with Gasteiger partial charge in [-0.25, -0.2) is 5.43 Å². The van der Waals surface area contributed by atoms with Crippen molar-refractivity contribution in [3.63, 3.8) is 0 Å². The average Bonchev–Trinajstić information content (AvgIpc) is 2.52. The summed E-state index contributed by atoms with van der Waals surface area (Å²) >= 11 is 2.11. The molecule has 0 fully saturated rings.